The molecule has 0 atom stereocenters. The average molecular weight is 383 g/mol. The molecular weight excluding hydrogens is 372 g/mol. The van der Waals surface area contributed by atoms with Gasteiger partial charge >= 0.3 is 0 Å². The fraction of sp³-hybridized carbons (Fsp3) is 0.133. The van der Waals surface area contributed by atoms with E-state index in [0.29, 0.717) is 16.7 Å². The van der Waals surface area contributed by atoms with Crippen molar-refractivity contribution in [1.29, 1.82) is 0 Å². The Bertz CT molecular complexity index is 874. The Labute approximate surface area is 149 Å². The third kappa shape index (κ3) is 4.51. The summed E-state index contributed by atoms with van der Waals surface area (Å²) in [5.74, 6) is -3.37. The highest BCUT2D eigenvalue weighted by Gasteiger charge is 2.24. The first-order valence-corrected chi connectivity index (χ1v) is 7.86. The number of non-ortho nitro benzene ring substituents is 1. The number of benzene rings is 2. The van der Waals surface area contributed by atoms with Gasteiger partial charge in [-0.15, -0.1) is 0 Å². The van der Waals surface area contributed by atoms with E-state index < -0.39 is 32.9 Å². The van der Waals surface area contributed by atoms with Gasteiger partial charge in [0.25, 0.3) is 23.0 Å². The maximum absolute atomic E-state index is 12.4. The highest BCUT2D eigenvalue weighted by Crippen LogP contribution is 2.29. The van der Waals surface area contributed by atoms with Crippen molar-refractivity contribution in [3.8, 4) is 0 Å². The number of nitrogens with one attached hydrogen (secondary N) is 1. The first kappa shape index (κ1) is 19.2. The van der Waals surface area contributed by atoms with Crippen LogP contribution in [0.15, 0.2) is 41.3 Å². The number of halogens is 2. The summed E-state index contributed by atoms with van der Waals surface area (Å²) in [6.07, 6.45) is 0. The van der Waals surface area contributed by atoms with Crippen LogP contribution in [0.3, 0.4) is 0 Å². The normalized spacial score (nSPS) is 10.6. The molecule has 0 aliphatic carbocycles. The molecular formula is C15H11F2N3O5S. The second-order valence-corrected chi connectivity index (χ2v) is 6.07. The number of thioether (sulfide) groups is 1. The maximum atomic E-state index is 12.4. The predicted molar refractivity (Wildman–Crippen MR) is 90.7 cm³/mol. The molecule has 1 amide bonds. The highest BCUT2D eigenvalue weighted by molar-refractivity contribution is 7.99. The van der Waals surface area contributed by atoms with Crippen LogP contribution < -0.4 is 5.32 Å². The number of nitro groups is 2. The standard InChI is InChI=1S/C15H11F2N3O5S/c1-8-12(6-10(19(22)23)7-13(8)20(24)25)14(21)18-9-2-4-11(5-3-9)26-15(16)17/h2-7,15H,1H3,(H,18,21). The van der Waals surface area contributed by atoms with Crippen LogP contribution in [-0.4, -0.2) is 21.5 Å². The van der Waals surface area contributed by atoms with Crippen molar-refractivity contribution < 1.29 is 23.4 Å². The minimum Gasteiger partial charge on any atom is -0.322 e. The van der Waals surface area contributed by atoms with E-state index in [-0.39, 0.29) is 16.8 Å². The zero-order valence-electron chi connectivity index (χ0n) is 13.1. The molecule has 0 saturated carbocycles. The Balaban J connectivity index is 2.31. The fourth-order valence-electron chi connectivity index (χ4n) is 2.13. The number of carbonyl (C=O) groups excluding carboxylic acids is 1. The SMILES string of the molecule is Cc1c(C(=O)Nc2ccc(SC(F)F)cc2)cc([N+](=O)[O-])cc1[N+](=O)[O-]. The molecule has 0 unspecified atom stereocenters. The number of carbonyl (C=O) groups is 1. The van der Waals surface area contributed by atoms with Crippen molar-refractivity contribution in [2.24, 2.45) is 0 Å². The van der Waals surface area contributed by atoms with Crippen LogP contribution in [0.25, 0.3) is 0 Å². The number of anilines is 1. The summed E-state index contributed by atoms with van der Waals surface area (Å²) < 4.78 is 24.6. The van der Waals surface area contributed by atoms with Gasteiger partial charge in [-0.05, 0) is 31.2 Å². The first-order chi connectivity index (χ1) is 12.2. The molecule has 0 bridgehead atoms. The second kappa shape index (κ2) is 7.87. The molecule has 0 fully saturated rings. The zero-order chi connectivity index (χ0) is 19.4. The lowest BCUT2D eigenvalue weighted by molar-refractivity contribution is -0.394. The molecule has 26 heavy (non-hydrogen) atoms. The fourth-order valence-corrected chi connectivity index (χ4v) is 2.63. The van der Waals surface area contributed by atoms with Gasteiger partial charge in [0.2, 0.25) is 0 Å². The minimum absolute atomic E-state index is 0.0250. The molecule has 0 heterocycles. The molecule has 2 aromatic carbocycles. The topological polar surface area (TPSA) is 115 Å². The predicted octanol–water partition coefficient (Wildman–Crippen LogP) is 4.38. The molecule has 1 N–H and O–H groups in total. The number of hydrogen-bond acceptors (Lipinski definition) is 6. The molecule has 0 spiro atoms. The van der Waals surface area contributed by atoms with Gasteiger partial charge in [0.05, 0.1) is 21.5 Å². The van der Waals surface area contributed by atoms with Crippen LogP contribution in [0.4, 0.5) is 25.8 Å². The molecule has 0 aliphatic rings. The first-order valence-electron chi connectivity index (χ1n) is 6.98. The summed E-state index contributed by atoms with van der Waals surface area (Å²) >= 11 is 0.339. The summed E-state index contributed by atoms with van der Waals surface area (Å²) in [5.41, 5.74) is -1.13. The molecule has 136 valence electrons. The van der Waals surface area contributed by atoms with E-state index in [4.69, 9.17) is 0 Å². The van der Waals surface area contributed by atoms with Crippen molar-refractivity contribution >= 4 is 34.7 Å². The average Bonchev–Trinajstić information content (AvgIpc) is 2.55. The van der Waals surface area contributed by atoms with Gasteiger partial charge in [0, 0.05) is 22.2 Å². The van der Waals surface area contributed by atoms with E-state index in [1.54, 1.807) is 0 Å². The number of hydrogen-bond donors (Lipinski definition) is 1. The Morgan fingerprint density at radius 3 is 2.23 bits per heavy atom. The summed E-state index contributed by atoms with van der Waals surface area (Å²) in [6.45, 7) is 1.30. The van der Waals surface area contributed by atoms with E-state index in [2.05, 4.69) is 5.32 Å². The minimum atomic E-state index is -2.58. The van der Waals surface area contributed by atoms with Gasteiger partial charge < -0.3 is 5.32 Å². The Morgan fingerprint density at radius 1 is 1.12 bits per heavy atom. The van der Waals surface area contributed by atoms with E-state index in [1.807, 2.05) is 0 Å². The molecule has 2 aromatic rings. The van der Waals surface area contributed by atoms with E-state index in [1.165, 1.54) is 31.2 Å². The van der Waals surface area contributed by atoms with Crippen molar-refractivity contribution in [3.63, 3.8) is 0 Å². The number of nitrogens with zero attached hydrogens (tertiary/aromatic N) is 2. The largest absolute Gasteiger partial charge is 0.322 e. The molecule has 0 aliphatic heterocycles. The molecule has 11 heteroatoms. The third-order valence-corrected chi connectivity index (χ3v) is 4.08. The number of alkyl halides is 2. The highest BCUT2D eigenvalue weighted by atomic mass is 32.2. The van der Waals surface area contributed by atoms with E-state index in [9.17, 15) is 33.8 Å². The summed E-state index contributed by atoms with van der Waals surface area (Å²) in [7, 11) is 0. The number of amides is 1. The zero-order valence-corrected chi connectivity index (χ0v) is 14.0. The summed E-state index contributed by atoms with van der Waals surface area (Å²) in [5, 5.41) is 24.4. The Hall–Kier alpha value is -3.08. The molecule has 0 radical (unpaired) electrons. The molecule has 0 saturated heterocycles. The van der Waals surface area contributed by atoms with Gasteiger partial charge in [-0.3, -0.25) is 25.0 Å². The Morgan fingerprint density at radius 2 is 1.73 bits per heavy atom. The molecule has 8 nitrogen and oxygen atoms in total. The van der Waals surface area contributed by atoms with Crippen LogP contribution in [0, 0.1) is 27.2 Å². The van der Waals surface area contributed by atoms with Gasteiger partial charge in [0.15, 0.2) is 0 Å². The lowest BCUT2D eigenvalue weighted by Crippen LogP contribution is -2.14. The van der Waals surface area contributed by atoms with E-state index in [0.717, 1.165) is 12.1 Å². The summed E-state index contributed by atoms with van der Waals surface area (Å²) in [6, 6.07) is 7.22. The van der Waals surface area contributed by atoms with Crippen molar-refractivity contribution in [2.45, 2.75) is 17.6 Å². The number of rotatable bonds is 6. The van der Waals surface area contributed by atoms with Crippen LogP contribution in [0.2, 0.25) is 0 Å². The van der Waals surface area contributed by atoms with Crippen LogP contribution in [0.5, 0.6) is 0 Å². The molecule has 2 rings (SSSR count). The van der Waals surface area contributed by atoms with Crippen LogP contribution >= 0.6 is 11.8 Å². The lowest BCUT2D eigenvalue weighted by atomic mass is 10.0. The van der Waals surface area contributed by atoms with Gasteiger partial charge in [-0.1, -0.05) is 11.8 Å². The molecule has 0 aromatic heterocycles. The van der Waals surface area contributed by atoms with E-state index >= 15 is 0 Å². The smallest absolute Gasteiger partial charge is 0.288 e. The quantitative estimate of drug-likeness (QED) is 0.450. The second-order valence-electron chi connectivity index (χ2n) is 5.01. The third-order valence-electron chi connectivity index (χ3n) is 3.35. The Kier molecular flexibility index (Phi) is 5.82. The van der Waals surface area contributed by atoms with Gasteiger partial charge in [-0.25, -0.2) is 0 Å². The lowest BCUT2D eigenvalue weighted by Gasteiger charge is -2.09. The van der Waals surface area contributed by atoms with Crippen molar-refractivity contribution in [1.82, 2.24) is 0 Å². The van der Waals surface area contributed by atoms with Gasteiger partial charge in [0.1, 0.15) is 0 Å². The van der Waals surface area contributed by atoms with Crippen LogP contribution in [0.1, 0.15) is 15.9 Å². The van der Waals surface area contributed by atoms with Crippen molar-refractivity contribution in [2.75, 3.05) is 5.32 Å². The van der Waals surface area contributed by atoms with Gasteiger partial charge in [-0.2, -0.15) is 8.78 Å². The van der Waals surface area contributed by atoms with Crippen molar-refractivity contribution in [3.05, 3.63) is 67.8 Å². The monoisotopic (exact) mass is 383 g/mol. The number of nitro benzene ring substituents is 2. The maximum Gasteiger partial charge on any atom is 0.288 e. The van der Waals surface area contributed by atoms with Crippen LogP contribution in [-0.2, 0) is 0 Å². The summed E-state index contributed by atoms with van der Waals surface area (Å²) in [4.78, 5) is 33.0.